The molecule has 0 unspecified atom stereocenters. The highest BCUT2D eigenvalue weighted by atomic mass is 19.1. The largest absolute Gasteiger partial charge is 0.297 e. The van der Waals surface area contributed by atoms with E-state index in [0.29, 0.717) is 0 Å². The van der Waals surface area contributed by atoms with Gasteiger partial charge in [-0.15, -0.1) is 0 Å². The van der Waals surface area contributed by atoms with Crippen molar-refractivity contribution in [2.75, 3.05) is 0 Å². The lowest BCUT2D eigenvalue weighted by Gasteiger charge is -2.17. The molecule has 0 fully saturated rings. The molecule has 0 amide bonds. The summed E-state index contributed by atoms with van der Waals surface area (Å²) in [6.07, 6.45) is 4.43. The summed E-state index contributed by atoms with van der Waals surface area (Å²) in [5, 5.41) is 3.35. The minimum absolute atomic E-state index is 0.205. The van der Waals surface area contributed by atoms with Crippen molar-refractivity contribution in [3.8, 4) is 16.8 Å². The van der Waals surface area contributed by atoms with Gasteiger partial charge < -0.3 is 0 Å². The molecule has 2 aromatic carbocycles. The third-order valence-corrected chi connectivity index (χ3v) is 3.84. The minimum Gasteiger partial charge on any atom is -0.297 e. The Balaban J connectivity index is 1.70. The third kappa shape index (κ3) is 3.30. The van der Waals surface area contributed by atoms with E-state index in [1.165, 1.54) is 18.2 Å². The van der Waals surface area contributed by atoms with E-state index < -0.39 is 0 Å². The van der Waals surface area contributed by atoms with Gasteiger partial charge in [-0.05, 0) is 54.2 Å². The maximum absolute atomic E-state index is 13.3. The summed E-state index contributed by atoms with van der Waals surface area (Å²) in [6, 6.07) is 14.8. The topological polar surface area (TPSA) is 20.7 Å². The van der Waals surface area contributed by atoms with E-state index >= 15 is 0 Å². The smallest absolute Gasteiger partial charge is 0.123 e. The van der Waals surface area contributed by atoms with Crippen LogP contribution in [0, 0.1) is 11.7 Å². The van der Waals surface area contributed by atoms with Crippen LogP contribution in [0.2, 0.25) is 0 Å². The van der Waals surface area contributed by atoms with Crippen molar-refractivity contribution in [3.63, 3.8) is 0 Å². The number of rotatable bonds is 5. The summed E-state index contributed by atoms with van der Waals surface area (Å²) >= 11 is 0. The number of hydrogen-bond donors (Lipinski definition) is 1. The van der Waals surface area contributed by atoms with Gasteiger partial charge in [0.15, 0.2) is 0 Å². The summed E-state index contributed by atoms with van der Waals surface area (Å²) in [5.74, 6) is 0.519. The highest BCUT2D eigenvalue weighted by Gasteiger charge is 2.06. The standard InChI is InChI=1S/C19H21FN2/c1-14(2)6-9-18-13-22(21-18)19-10-7-15(8-11-19)16-4-3-5-17(20)12-16/h3-5,7-8,10-14,21H,6,9H2,1-2H3. The molecule has 0 saturated carbocycles. The zero-order valence-corrected chi connectivity index (χ0v) is 13.0. The fraction of sp³-hybridized carbons (Fsp3) is 0.263. The van der Waals surface area contributed by atoms with Crippen LogP contribution in [-0.4, -0.2) is 9.78 Å². The molecule has 3 rings (SSSR count). The Bertz CT molecular complexity index is 723. The van der Waals surface area contributed by atoms with E-state index in [1.54, 1.807) is 12.1 Å². The summed E-state index contributed by atoms with van der Waals surface area (Å²) in [5.41, 5.74) is 4.29. The number of aryl methyl sites for hydroxylation is 1. The number of hydrogen-bond acceptors (Lipinski definition) is 0. The fourth-order valence-electron chi connectivity index (χ4n) is 2.49. The van der Waals surface area contributed by atoms with Gasteiger partial charge in [0.2, 0.25) is 0 Å². The van der Waals surface area contributed by atoms with Gasteiger partial charge in [-0.1, -0.05) is 38.1 Å². The van der Waals surface area contributed by atoms with Crippen LogP contribution in [0.3, 0.4) is 0 Å². The molecule has 0 spiro atoms. The monoisotopic (exact) mass is 296 g/mol. The van der Waals surface area contributed by atoms with Gasteiger partial charge in [-0.3, -0.25) is 9.78 Å². The molecule has 114 valence electrons. The molecule has 22 heavy (non-hydrogen) atoms. The Kier molecular flexibility index (Phi) is 4.14. The van der Waals surface area contributed by atoms with Gasteiger partial charge in [0.05, 0.1) is 11.4 Å². The van der Waals surface area contributed by atoms with E-state index in [2.05, 4.69) is 25.1 Å². The molecular weight excluding hydrogens is 275 g/mol. The van der Waals surface area contributed by atoms with Crippen LogP contribution in [0.25, 0.3) is 16.8 Å². The predicted molar refractivity (Wildman–Crippen MR) is 88.7 cm³/mol. The van der Waals surface area contributed by atoms with Gasteiger partial charge in [0.25, 0.3) is 0 Å². The molecule has 1 heterocycles. The summed E-state index contributed by atoms with van der Waals surface area (Å²) < 4.78 is 15.3. The molecule has 3 aromatic rings. The maximum atomic E-state index is 13.3. The number of benzene rings is 2. The first-order chi connectivity index (χ1) is 10.6. The molecule has 0 aliphatic heterocycles. The first-order valence-corrected chi connectivity index (χ1v) is 7.74. The number of halogens is 1. The third-order valence-electron chi connectivity index (χ3n) is 3.84. The van der Waals surface area contributed by atoms with Crippen molar-refractivity contribution in [3.05, 3.63) is 66.2 Å². The van der Waals surface area contributed by atoms with Gasteiger partial charge in [0.1, 0.15) is 5.82 Å². The van der Waals surface area contributed by atoms with Crippen molar-refractivity contribution in [1.82, 2.24) is 9.78 Å². The lowest BCUT2D eigenvalue weighted by molar-refractivity contribution is 0.562. The molecule has 3 heteroatoms. The number of nitrogens with one attached hydrogen (secondary N) is 1. The average Bonchev–Trinajstić information content (AvgIpc) is 2.46. The first-order valence-electron chi connectivity index (χ1n) is 7.74. The van der Waals surface area contributed by atoms with Gasteiger partial charge in [0, 0.05) is 6.20 Å². The van der Waals surface area contributed by atoms with E-state index in [4.69, 9.17) is 0 Å². The van der Waals surface area contributed by atoms with Crippen LogP contribution in [0.5, 0.6) is 0 Å². The maximum Gasteiger partial charge on any atom is 0.123 e. The van der Waals surface area contributed by atoms with E-state index in [1.807, 2.05) is 35.0 Å². The number of H-pyrrole nitrogens is 1. The summed E-state index contributed by atoms with van der Waals surface area (Å²) in [4.78, 5) is 0. The molecule has 1 aromatic heterocycles. The number of nitrogens with zero attached hydrogens (tertiary/aromatic N) is 1. The Morgan fingerprint density at radius 1 is 1.05 bits per heavy atom. The number of aromatic amines is 1. The van der Waals surface area contributed by atoms with Gasteiger partial charge in [-0.25, -0.2) is 4.39 Å². The lowest BCUT2D eigenvalue weighted by atomic mass is 10.1. The van der Waals surface area contributed by atoms with Crippen LogP contribution >= 0.6 is 0 Å². The zero-order valence-electron chi connectivity index (χ0n) is 13.0. The first kappa shape index (κ1) is 14.6. The summed E-state index contributed by atoms with van der Waals surface area (Å²) in [6.45, 7) is 4.48. The molecule has 0 aliphatic carbocycles. The van der Waals surface area contributed by atoms with Crippen LogP contribution in [0.15, 0.2) is 54.7 Å². The minimum atomic E-state index is -0.205. The predicted octanol–water partition coefficient (Wildman–Crippen LogP) is 5.20. The van der Waals surface area contributed by atoms with E-state index in [0.717, 1.165) is 29.2 Å². The molecule has 0 atom stereocenters. The Hall–Kier alpha value is -2.29. The van der Waals surface area contributed by atoms with Crippen LogP contribution in [0.1, 0.15) is 26.0 Å². The Labute approximate surface area is 130 Å². The molecule has 1 N–H and O–H groups in total. The highest BCUT2D eigenvalue weighted by Crippen LogP contribution is 2.22. The number of aromatic nitrogens is 2. The normalized spacial score (nSPS) is 11.3. The quantitative estimate of drug-likeness (QED) is 0.668. The van der Waals surface area contributed by atoms with Crippen molar-refractivity contribution in [1.29, 1.82) is 0 Å². The van der Waals surface area contributed by atoms with Gasteiger partial charge >= 0.3 is 0 Å². The second-order valence-corrected chi connectivity index (χ2v) is 6.13. The molecule has 0 saturated heterocycles. The van der Waals surface area contributed by atoms with Crippen molar-refractivity contribution < 1.29 is 4.39 Å². The van der Waals surface area contributed by atoms with Crippen molar-refractivity contribution in [2.45, 2.75) is 26.7 Å². The van der Waals surface area contributed by atoms with Crippen molar-refractivity contribution >= 4 is 0 Å². The van der Waals surface area contributed by atoms with Crippen LogP contribution < -0.4 is 0 Å². The molecule has 0 radical (unpaired) electrons. The second-order valence-electron chi connectivity index (χ2n) is 6.13. The molecule has 0 bridgehead atoms. The van der Waals surface area contributed by atoms with Gasteiger partial charge in [-0.2, -0.15) is 0 Å². The van der Waals surface area contributed by atoms with Crippen molar-refractivity contribution in [2.24, 2.45) is 5.92 Å². The molecule has 0 aliphatic rings. The van der Waals surface area contributed by atoms with E-state index in [9.17, 15) is 4.39 Å². The van der Waals surface area contributed by atoms with Crippen LogP contribution in [0.4, 0.5) is 4.39 Å². The highest BCUT2D eigenvalue weighted by molar-refractivity contribution is 5.64. The SMILES string of the molecule is CC(C)CCc1cn(-c2ccc(-c3cccc(F)c3)cc2)[nH]1. The Morgan fingerprint density at radius 2 is 1.77 bits per heavy atom. The average molecular weight is 296 g/mol. The Morgan fingerprint density at radius 3 is 2.41 bits per heavy atom. The zero-order chi connectivity index (χ0) is 15.5. The second kappa shape index (κ2) is 6.22. The lowest BCUT2D eigenvalue weighted by Crippen LogP contribution is -2.11. The van der Waals surface area contributed by atoms with E-state index in [-0.39, 0.29) is 5.82 Å². The summed E-state index contributed by atoms with van der Waals surface area (Å²) in [7, 11) is 0. The molecule has 2 nitrogen and oxygen atoms in total. The fourth-order valence-corrected chi connectivity index (χ4v) is 2.49. The molecular formula is C19H21FN2. The van der Waals surface area contributed by atoms with Crippen LogP contribution in [-0.2, 0) is 6.42 Å².